The highest BCUT2D eigenvalue weighted by molar-refractivity contribution is 6.03. The molecule has 8 heteroatoms. The molecule has 0 radical (unpaired) electrons. The molecule has 1 unspecified atom stereocenters. The summed E-state index contributed by atoms with van der Waals surface area (Å²) in [6.45, 7) is 5.51. The highest BCUT2D eigenvalue weighted by atomic mass is 16.2. The third-order valence-corrected chi connectivity index (χ3v) is 4.57. The Morgan fingerprint density at radius 1 is 1.28 bits per heavy atom. The molecule has 0 aliphatic carbocycles. The molecule has 0 bridgehead atoms. The minimum Gasteiger partial charge on any atom is -0.354 e. The zero-order valence-electron chi connectivity index (χ0n) is 14.2. The molecule has 1 saturated heterocycles. The van der Waals surface area contributed by atoms with Gasteiger partial charge in [0.15, 0.2) is 0 Å². The van der Waals surface area contributed by atoms with Crippen molar-refractivity contribution in [3.8, 4) is 0 Å². The van der Waals surface area contributed by atoms with E-state index in [0.717, 1.165) is 29.9 Å². The molecule has 3 aromatic rings. The van der Waals surface area contributed by atoms with Crippen molar-refractivity contribution < 1.29 is 4.79 Å². The third kappa shape index (κ3) is 2.90. The van der Waals surface area contributed by atoms with Gasteiger partial charge in [-0.2, -0.15) is 0 Å². The number of nitrogens with zero attached hydrogens (tertiary/aromatic N) is 5. The zero-order chi connectivity index (χ0) is 17.4. The van der Waals surface area contributed by atoms with E-state index in [-0.39, 0.29) is 11.4 Å². The lowest BCUT2D eigenvalue weighted by Crippen LogP contribution is -2.48. The summed E-state index contributed by atoms with van der Waals surface area (Å²) in [7, 11) is 0. The minimum absolute atomic E-state index is 0.185. The van der Waals surface area contributed by atoms with Gasteiger partial charge >= 0.3 is 0 Å². The first kappa shape index (κ1) is 15.5. The Morgan fingerprint density at radius 2 is 2.12 bits per heavy atom. The van der Waals surface area contributed by atoms with Crippen LogP contribution < -0.4 is 10.2 Å². The standard InChI is InChI=1S/C17H19N7O/c1-11-7-13(20-9-19-11)24-6-4-17(2,8-24)23-16(25)14-12-3-5-18-15(12)22-10-21-14/h3,5,7,9-10H,4,6,8H2,1-2H3,(H,23,25)(H,18,21,22). The second-order valence-corrected chi connectivity index (χ2v) is 6.67. The Labute approximate surface area is 144 Å². The van der Waals surface area contributed by atoms with E-state index in [4.69, 9.17) is 0 Å². The first-order valence-corrected chi connectivity index (χ1v) is 8.18. The van der Waals surface area contributed by atoms with Gasteiger partial charge < -0.3 is 15.2 Å². The van der Waals surface area contributed by atoms with Crippen molar-refractivity contribution in [2.24, 2.45) is 0 Å². The number of carbonyl (C=O) groups is 1. The second kappa shape index (κ2) is 5.80. The van der Waals surface area contributed by atoms with Crippen LogP contribution in [-0.2, 0) is 0 Å². The van der Waals surface area contributed by atoms with Crippen molar-refractivity contribution in [2.75, 3.05) is 18.0 Å². The Hall–Kier alpha value is -3.03. The lowest BCUT2D eigenvalue weighted by molar-refractivity contribution is 0.0910. The number of aromatic nitrogens is 5. The van der Waals surface area contributed by atoms with Crippen molar-refractivity contribution in [3.05, 3.63) is 42.4 Å². The molecule has 2 N–H and O–H groups in total. The topological polar surface area (TPSA) is 99.7 Å². The van der Waals surface area contributed by atoms with E-state index < -0.39 is 0 Å². The van der Waals surface area contributed by atoms with Gasteiger partial charge in [0, 0.05) is 31.0 Å². The van der Waals surface area contributed by atoms with Gasteiger partial charge in [0.2, 0.25) is 0 Å². The number of hydrogen-bond donors (Lipinski definition) is 2. The molecular weight excluding hydrogens is 318 g/mol. The molecule has 3 aromatic heterocycles. The van der Waals surface area contributed by atoms with E-state index in [0.29, 0.717) is 17.9 Å². The Balaban J connectivity index is 1.52. The van der Waals surface area contributed by atoms with Gasteiger partial charge in [0.25, 0.3) is 5.91 Å². The van der Waals surface area contributed by atoms with Crippen LogP contribution in [0.15, 0.2) is 31.0 Å². The molecule has 1 atom stereocenters. The summed E-state index contributed by atoms with van der Waals surface area (Å²) >= 11 is 0. The monoisotopic (exact) mass is 337 g/mol. The van der Waals surface area contributed by atoms with E-state index in [1.165, 1.54) is 6.33 Å². The SMILES string of the molecule is Cc1cc(N2CCC(C)(NC(=O)c3ncnc4[nH]ccc34)C2)ncn1. The van der Waals surface area contributed by atoms with Crippen molar-refractivity contribution in [1.82, 2.24) is 30.2 Å². The number of aryl methyl sites for hydroxylation is 1. The minimum atomic E-state index is -0.344. The maximum atomic E-state index is 12.8. The van der Waals surface area contributed by atoms with Crippen LogP contribution in [-0.4, -0.2) is 49.5 Å². The van der Waals surface area contributed by atoms with Gasteiger partial charge in [-0.25, -0.2) is 19.9 Å². The second-order valence-electron chi connectivity index (χ2n) is 6.67. The largest absolute Gasteiger partial charge is 0.354 e. The summed E-state index contributed by atoms with van der Waals surface area (Å²) in [6, 6.07) is 3.78. The van der Waals surface area contributed by atoms with Crippen molar-refractivity contribution in [2.45, 2.75) is 25.8 Å². The fraction of sp³-hybridized carbons (Fsp3) is 0.353. The Morgan fingerprint density at radius 3 is 2.96 bits per heavy atom. The average Bonchev–Trinajstić information content (AvgIpc) is 3.21. The lowest BCUT2D eigenvalue weighted by Gasteiger charge is -2.26. The molecule has 4 rings (SSSR count). The van der Waals surface area contributed by atoms with Crippen molar-refractivity contribution >= 4 is 22.8 Å². The van der Waals surface area contributed by atoms with E-state index >= 15 is 0 Å². The molecule has 8 nitrogen and oxygen atoms in total. The Kier molecular flexibility index (Phi) is 3.60. The predicted molar refractivity (Wildman–Crippen MR) is 93.4 cm³/mol. The first-order valence-electron chi connectivity index (χ1n) is 8.18. The average molecular weight is 337 g/mol. The van der Waals surface area contributed by atoms with Crippen LogP contribution in [0, 0.1) is 6.92 Å². The van der Waals surface area contributed by atoms with Crippen LogP contribution in [0.4, 0.5) is 5.82 Å². The van der Waals surface area contributed by atoms with Crippen LogP contribution in [0.3, 0.4) is 0 Å². The molecule has 0 spiro atoms. The molecule has 0 aromatic carbocycles. The molecule has 0 saturated carbocycles. The normalized spacial score (nSPS) is 20.2. The highest BCUT2D eigenvalue weighted by Crippen LogP contribution is 2.26. The van der Waals surface area contributed by atoms with Gasteiger partial charge in [0.05, 0.1) is 10.9 Å². The van der Waals surface area contributed by atoms with E-state index in [2.05, 4.69) is 42.1 Å². The number of hydrogen-bond acceptors (Lipinski definition) is 6. The fourth-order valence-corrected chi connectivity index (χ4v) is 3.26. The maximum absolute atomic E-state index is 12.8. The van der Waals surface area contributed by atoms with Gasteiger partial charge in [-0.3, -0.25) is 4.79 Å². The van der Waals surface area contributed by atoms with Gasteiger partial charge in [0.1, 0.15) is 29.8 Å². The van der Waals surface area contributed by atoms with Gasteiger partial charge in [-0.05, 0) is 26.3 Å². The van der Waals surface area contributed by atoms with E-state index in [9.17, 15) is 4.79 Å². The quantitative estimate of drug-likeness (QED) is 0.750. The van der Waals surface area contributed by atoms with Crippen LogP contribution >= 0.6 is 0 Å². The molecule has 1 amide bonds. The lowest BCUT2D eigenvalue weighted by atomic mass is 10.0. The molecule has 1 aliphatic heterocycles. The van der Waals surface area contributed by atoms with Crippen LogP contribution in [0.5, 0.6) is 0 Å². The highest BCUT2D eigenvalue weighted by Gasteiger charge is 2.36. The number of carbonyl (C=O) groups excluding carboxylic acids is 1. The number of H-pyrrole nitrogens is 1. The maximum Gasteiger partial charge on any atom is 0.271 e. The molecule has 4 heterocycles. The summed E-state index contributed by atoms with van der Waals surface area (Å²) in [6.07, 6.45) is 5.57. The summed E-state index contributed by atoms with van der Waals surface area (Å²) in [5.74, 6) is 0.704. The van der Waals surface area contributed by atoms with Crippen LogP contribution in [0.25, 0.3) is 11.0 Å². The van der Waals surface area contributed by atoms with Crippen molar-refractivity contribution in [3.63, 3.8) is 0 Å². The number of rotatable bonds is 3. The molecular formula is C17H19N7O. The van der Waals surface area contributed by atoms with Crippen molar-refractivity contribution in [1.29, 1.82) is 0 Å². The Bertz CT molecular complexity index is 937. The number of amides is 1. The van der Waals surface area contributed by atoms with Gasteiger partial charge in [-0.15, -0.1) is 0 Å². The zero-order valence-corrected chi connectivity index (χ0v) is 14.2. The van der Waals surface area contributed by atoms with E-state index in [1.807, 2.05) is 19.1 Å². The fourth-order valence-electron chi connectivity index (χ4n) is 3.26. The predicted octanol–water partition coefficient (Wildman–Crippen LogP) is 1.46. The summed E-state index contributed by atoms with van der Waals surface area (Å²) in [5.41, 5.74) is 1.64. The van der Waals surface area contributed by atoms with Gasteiger partial charge in [-0.1, -0.05) is 0 Å². The summed E-state index contributed by atoms with van der Waals surface area (Å²) in [4.78, 5) is 34.7. The number of aromatic amines is 1. The first-order chi connectivity index (χ1) is 12.0. The number of fused-ring (bicyclic) bond motifs is 1. The molecule has 128 valence electrons. The number of nitrogens with one attached hydrogen (secondary N) is 2. The van der Waals surface area contributed by atoms with Crippen LogP contribution in [0.1, 0.15) is 29.5 Å². The third-order valence-electron chi connectivity index (χ3n) is 4.57. The molecule has 1 fully saturated rings. The summed E-state index contributed by atoms with van der Waals surface area (Å²) < 4.78 is 0. The molecule has 1 aliphatic rings. The van der Waals surface area contributed by atoms with E-state index in [1.54, 1.807) is 12.5 Å². The summed E-state index contributed by atoms with van der Waals surface area (Å²) in [5, 5.41) is 3.87. The number of anilines is 1. The smallest absolute Gasteiger partial charge is 0.271 e. The van der Waals surface area contributed by atoms with Crippen LogP contribution in [0.2, 0.25) is 0 Å². The molecule has 25 heavy (non-hydrogen) atoms.